The molecule has 0 atom stereocenters. The summed E-state index contributed by atoms with van der Waals surface area (Å²) in [5.41, 5.74) is 1.48. The zero-order valence-corrected chi connectivity index (χ0v) is 14.4. The van der Waals surface area contributed by atoms with E-state index in [0.717, 1.165) is 9.54 Å². The van der Waals surface area contributed by atoms with Crippen molar-refractivity contribution in [3.05, 3.63) is 70.5 Å². The number of aromatic nitrogens is 2. The lowest BCUT2D eigenvalue weighted by molar-refractivity contribution is 0.588. The van der Waals surface area contributed by atoms with Crippen LogP contribution in [0, 0.1) is 6.92 Å². The van der Waals surface area contributed by atoms with Gasteiger partial charge in [-0.3, -0.25) is 0 Å². The molecule has 2 aromatic carbocycles. The van der Waals surface area contributed by atoms with Gasteiger partial charge in [-0.05, 0) is 37.3 Å². The van der Waals surface area contributed by atoms with Gasteiger partial charge in [-0.15, -0.1) is 0 Å². The molecule has 1 heterocycles. The molecule has 0 radical (unpaired) electrons. The Morgan fingerprint density at radius 3 is 2.39 bits per heavy atom. The van der Waals surface area contributed by atoms with Crippen molar-refractivity contribution in [2.75, 3.05) is 0 Å². The first kappa shape index (κ1) is 16.1. The van der Waals surface area contributed by atoms with Gasteiger partial charge in [0.1, 0.15) is 0 Å². The van der Waals surface area contributed by atoms with Crippen LogP contribution in [0.15, 0.2) is 59.8 Å². The molecule has 0 aliphatic heterocycles. The SMILES string of the molecule is Cc1ccc(S(=O)(=O)n2ccnc2-c2ccc(Cl)cc2Cl)cc1. The van der Waals surface area contributed by atoms with E-state index >= 15 is 0 Å². The third-order valence-corrected chi connectivity index (χ3v) is 5.59. The number of aryl methyl sites for hydroxylation is 1. The molecule has 0 saturated heterocycles. The molecule has 3 aromatic rings. The zero-order valence-electron chi connectivity index (χ0n) is 12.1. The molecule has 118 valence electrons. The first-order chi connectivity index (χ1) is 10.9. The topological polar surface area (TPSA) is 52.0 Å². The van der Waals surface area contributed by atoms with E-state index in [0.29, 0.717) is 15.6 Å². The Balaban J connectivity index is 2.15. The molecule has 3 rings (SSSR count). The van der Waals surface area contributed by atoms with Gasteiger partial charge in [-0.1, -0.05) is 40.9 Å². The predicted molar refractivity (Wildman–Crippen MR) is 91.4 cm³/mol. The highest BCUT2D eigenvalue weighted by molar-refractivity contribution is 7.90. The summed E-state index contributed by atoms with van der Waals surface area (Å²) in [6.45, 7) is 1.90. The minimum absolute atomic E-state index is 0.187. The molecule has 7 heteroatoms. The average Bonchev–Trinajstić information content (AvgIpc) is 2.97. The van der Waals surface area contributed by atoms with Crippen molar-refractivity contribution in [2.24, 2.45) is 0 Å². The molecule has 23 heavy (non-hydrogen) atoms. The highest BCUT2D eigenvalue weighted by atomic mass is 35.5. The summed E-state index contributed by atoms with van der Waals surface area (Å²) < 4.78 is 26.8. The average molecular weight is 367 g/mol. The lowest BCUT2D eigenvalue weighted by atomic mass is 10.2. The smallest absolute Gasteiger partial charge is 0.236 e. The summed E-state index contributed by atoms with van der Waals surface area (Å²) in [5, 5.41) is 0.808. The Morgan fingerprint density at radius 2 is 1.74 bits per heavy atom. The summed E-state index contributed by atoms with van der Waals surface area (Å²) in [6, 6.07) is 11.5. The Hall–Kier alpha value is -1.82. The molecule has 0 N–H and O–H groups in total. The molecule has 0 bridgehead atoms. The first-order valence-corrected chi connectivity index (χ1v) is 8.90. The van der Waals surface area contributed by atoms with Gasteiger partial charge in [0.05, 0.1) is 9.92 Å². The van der Waals surface area contributed by atoms with Crippen molar-refractivity contribution >= 4 is 33.2 Å². The molecule has 0 spiro atoms. The quantitative estimate of drug-likeness (QED) is 0.689. The fourth-order valence-corrected chi connectivity index (χ4v) is 3.96. The number of hydrogen-bond donors (Lipinski definition) is 0. The van der Waals surface area contributed by atoms with Crippen LogP contribution in [-0.2, 0) is 10.0 Å². The van der Waals surface area contributed by atoms with Crippen molar-refractivity contribution in [3.8, 4) is 11.4 Å². The third kappa shape index (κ3) is 3.00. The Labute approximate surface area is 144 Å². The van der Waals surface area contributed by atoms with Gasteiger partial charge in [0.25, 0.3) is 10.0 Å². The molecule has 0 aliphatic rings. The number of halogens is 2. The Bertz CT molecular complexity index is 964. The maximum atomic E-state index is 12.8. The lowest BCUT2D eigenvalue weighted by Crippen LogP contribution is -2.13. The van der Waals surface area contributed by atoms with Crippen LogP contribution in [0.1, 0.15) is 5.56 Å². The summed E-state index contributed by atoms with van der Waals surface area (Å²) in [7, 11) is -3.76. The van der Waals surface area contributed by atoms with Crippen LogP contribution in [0.4, 0.5) is 0 Å². The van der Waals surface area contributed by atoms with Crippen LogP contribution >= 0.6 is 23.2 Å². The summed E-state index contributed by atoms with van der Waals surface area (Å²) in [6.07, 6.45) is 2.82. The monoisotopic (exact) mass is 366 g/mol. The van der Waals surface area contributed by atoms with E-state index in [4.69, 9.17) is 23.2 Å². The minimum Gasteiger partial charge on any atom is -0.236 e. The number of rotatable bonds is 3. The van der Waals surface area contributed by atoms with E-state index < -0.39 is 10.0 Å². The van der Waals surface area contributed by atoms with Gasteiger partial charge >= 0.3 is 0 Å². The van der Waals surface area contributed by atoms with Crippen molar-refractivity contribution in [3.63, 3.8) is 0 Å². The van der Waals surface area contributed by atoms with Crippen molar-refractivity contribution in [2.45, 2.75) is 11.8 Å². The molecular weight excluding hydrogens is 355 g/mol. The molecule has 0 amide bonds. The summed E-state index contributed by atoms with van der Waals surface area (Å²) >= 11 is 12.1. The van der Waals surface area contributed by atoms with Crippen LogP contribution in [0.2, 0.25) is 10.0 Å². The van der Waals surface area contributed by atoms with Crippen LogP contribution in [0.5, 0.6) is 0 Å². The van der Waals surface area contributed by atoms with Gasteiger partial charge in [-0.2, -0.15) is 0 Å². The molecule has 1 aromatic heterocycles. The zero-order chi connectivity index (χ0) is 16.6. The Morgan fingerprint density at radius 1 is 1.04 bits per heavy atom. The molecule has 0 unspecified atom stereocenters. The minimum atomic E-state index is -3.76. The van der Waals surface area contributed by atoms with Gasteiger partial charge in [0, 0.05) is 23.0 Å². The maximum absolute atomic E-state index is 12.8. The van der Waals surface area contributed by atoms with Gasteiger partial charge < -0.3 is 0 Å². The predicted octanol–water partition coefficient (Wildman–Crippen LogP) is 4.40. The van der Waals surface area contributed by atoms with Crippen LogP contribution < -0.4 is 0 Å². The standard InChI is InChI=1S/C16H12Cl2N2O2S/c1-11-2-5-13(6-3-11)23(21,22)20-9-8-19-16(20)14-7-4-12(17)10-15(14)18/h2-10H,1H3. The first-order valence-electron chi connectivity index (χ1n) is 6.70. The van der Waals surface area contributed by atoms with Crippen LogP contribution in [0.3, 0.4) is 0 Å². The van der Waals surface area contributed by atoms with E-state index in [2.05, 4.69) is 4.98 Å². The molecule has 0 saturated carbocycles. The van der Waals surface area contributed by atoms with Gasteiger partial charge in [-0.25, -0.2) is 17.4 Å². The van der Waals surface area contributed by atoms with Crippen LogP contribution in [0.25, 0.3) is 11.4 Å². The third-order valence-electron chi connectivity index (χ3n) is 3.36. The van der Waals surface area contributed by atoms with Crippen LogP contribution in [-0.4, -0.2) is 17.4 Å². The normalized spacial score (nSPS) is 11.6. The van der Waals surface area contributed by atoms with Gasteiger partial charge in [0.15, 0.2) is 5.82 Å². The van der Waals surface area contributed by atoms with Crippen molar-refractivity contribution in [1.29, 1.82) is 0 Å². The highest BCUT2D eigenvalue weighted by Crippen LogP contribution is 2.31. The van der Waals surface area contributed by atoms with E-state index in [1.54, 1.807) is 42.5 Å². The fraction of sp³-hybridized carbons (Fsp3) is 0.0625. The molecular formula is C16H12Cl2N2O2S. The molecule has 0 aliphatic carbocycles. The number of benzene rings is 2. The Kier molecular flexibility index (Phi) is 4.19. The highest BCUT2D eigenvalue weighted by Gasteiger charge is 2.22. The van der Waals surface area contributed by atoms with E-state index in [-0.39, 0.29) is 10.7 Å². The molecule has 0 fully saturated rings. The fourth-order valence-electron chi connectivity index (χ4n) is 2.17. The lowest BCUT2D eigenvalue weighted by Gasteiger charge is -2.11. The largest absolute Gasteiger partial charge is 0.269 e. The second kappa shape index (κ2) is 6.00. The summed E-state index contributed by atoms with van der Waals surface area (Å²) in [5.74, 6) is 0.243. The van der Waals surface area contributed by atoms with Gasteiger partial charge in [0.2, 0.25) is 0 Å². The maximum Gasteiger partial charge on any atom is 0.269 e. The van der Waals surface area contributed by atoms with Crippen molar-refractivity contribution < 1.29 is 8.42 Å². The van der Waals surface area contributed by atoms with E-state index in [1.165, 1.54) is 12.4 Å². The second-order valence-corrected chi connectivity index (χ2v) is 7.65. The summed E-state index contributed by atoms with van der Waals surface area (Å²) in [4.78, 5) is 4.33. The van der Waals surface area contributed by atoms with Crippen molar-refractivity contribution in [1.82, 2.24) is 8.96 Å². The second-order valence-electron chi connectivity index (χ2n) is 4.99. The molecule has 4 nitrogen and oxygen atoms in total. The number of imidazole rings is 1. The number of nitrogens with zero attached hydrogens (tertiary/aromatic N) is 2. The van der Waals surface area contributed by atoms with E-state index in [9.17, 15) is 8.42 Å². The van der Waals surface area contributed by atoms with E-state index in [1.807, 2.05) is 6.92 Å². The number of hydrogen-bond acceptors (Lipinski definition) is 3.